The molecule has 64 valence electrons. The van der Waals surface area contributed by atoms with Crippen LogP contribution >= 0.6 is 11.8 Å². The summed E-state index contributed by atoms with van der Waals surface area (Å²) >= 11 is 0.908. The minimum Gasteiger partial charge on any atom is -0.479 e. The number of carboxylic acids is 1. The van der Waals surface area contributed by atoms with Crippen LogP contribution in [-0.4, -0.2) is 21.6 Å². The Labute approximate surface area is 74.0 Å². The number of aliphatic carboxylic acids is 1. The lowest BCUT2D eigenvalue weighted by Gasteiger charge is -2.03. The summed E-state index contributed by atoms with van der Waals surface area (Å²) in [6.45, 7) is 0. The van der Waals surface area contributed by atoms with Crippen molar-refractivity contribution in [3.05, 3.63) is 30.3 Å². The molecule has 0 unspecified atom stereocenters. The number of rotatable bonds is 3. The molecule has 0 saturated carbocycles. The summed E-state index contributed by atoms with van der Waals surface area (Å²) in [6.07, 6.45) is 0. The molecule has 0 aromatic heterocycles. The van der Waals surface area contributed by atoms with Gasteiger partial charge < -0.3 is 10.2 Å². The van der Waals surface area contributed by atoms with E-state index >= 15 is 0 Å². The van der Waals surface area contributed by atoms with Gasteiger partial charge in [-0.05, 0) is 12.1 Å². The zero-order valence-electron chi connectivity index (χ0n) is 6.18. The van der Waals surface area contributed by atoms with E-state index in [9.17, 15) is 4.79 Å². The summed E-state index contributed by atoms with van der Waals surface area (Å²) < 4.78 is 0. The predicted octanol–water partition coefficient (Wildman–Crippen LogP) is 1.18. The quantitative estimate of drug-likeness (QED) is 0.547. The first kappa shape index (κ1) is 9.09. The molecule has 0 aliphatic carbocycles. The van der Waals surface area contributed by atoms with Gasteiger partial charge in [-0.1, -0.05) is 30.0 Å². The van der Waals surface area contributed by atoms with E-state index in [1.54, 1.807) is 24.3 Å². The number of aliphatic hydroxyl groups excluding tert-OH is 1. The van der Waals surface area contributed by atoms with Crippen LogP contribution in [-0.2, 0) is 4.79 Å². The van der Waals surface area contributed by atoms with E-state index in [2.05, 4.69) is 0 Å². The first-order chi connectivity index (χ1) is 5.70. The summed E-state index contributed by atoms with van der Waals surface area (Å²) in [7, 11) is 0. The lowest BCUT2D eigenvalue weighted by molar-refractivity contribution is -0.141. The van der Waals surface area contributed by atoms with E-state index in [4.69, 9.17) is 10.2 Å². The predicted molar refractivity (Wildman–Crippen MR) is 45.9 cm³/mol. The number of carboxylic acid groups (broad SMARTS) is 1. The van der Waals surface area contributed by atoms with Gasteiger partial charge in [-0.15, -0.1) is 0 Å². The van der Waals surface area contributed by atoms with Gasteiger partial charge in [0.05, 0.1) is 0 Å². The van der Waals surface area contributed by atoms with Crippen molar-refractivity contribution in [1.29, 1.82) is 0 Å². The highest BCUT2D eigenvalue weighted by molar-refractivity contribution is 8.00. The van der Waals surface area contributed by atoms with Gasteiger partial charge in [-0.25, -0.2) is 4.79 Å². The van der Waals surface area contributed by atoms with E-state index in [1.807, 2.05) is 6.07 Å². The van der Waals surface area contributed by atoms with Crippen LogP contribution in [0.3, 0.4) is 0 Å². The van der Waals surface area contributed by atoms with Gasteiger partial charge in [0.1, 0.15) is 0 Å². The van der Waals surface area contributed by atoms with Crippen molar-refractivity contribution < 1.29 is 15.0 Å². The van der Waals surface area contributed by atoms with Crippen molar-refractivity contribution in [1.82, 2.24) is 0 Å². The number of hydrogen-bond donors (Lipinski definition) is 2. The Bertz CT molecular complexity index is 260. The third kappa shape index (κ3) is 2.56. The Kier molecular flexibility index (Phi) is 3.13. The molecular formula is C8H8O3S. The molecule has 0 aliphatic heterocycles. The number of thioether (sulfide) groups is 1. The molecule has 0 radical (unpaired) electrons. The molecule has 0 aliphatic rings. The third-order valence-corrected chi connectivity index (χ3v) is 2.17. The smallest absolute Gasteiger partial charge is 0.343 e. The highest BCUT2D eigenvalue weighted by atomic mass is 32.2. The van der Waals surface area contributed by atoms with Crippen LogP contribution in [0.15, 0.2) is 35.2 Å². The van der Waals surface area contributed by atoms with Crippen molar-refractivity contribution in [2.75, 3.05) is 0 Å². The summed E-state index contributed by atoms with van der Waals surface area (Å²) in [5.41, 5.74) is -1.38. The van der Waals surface area contributed by atoms with E-state index in [1.165, 1.54) is 0 Å². The van der Waals surface area contributed by atoms with E-state index < -0.39 is 11.4 Å². The molecule has 1 aromatic rings. The molecule has 0 heterocycles. The summed E-state index contributed by atoms with van der Waals surface area (Å²) in [5.74, 6) is -1.22. The van der Waals surface area contributed by atoms with Crippen molar-refractivity contribution in [2.45, 2.75) is 10.3 Å². The standard InChI is InChI=1S/C8H8O3S/c9-7(10)8(11)12-6-4-2-1-3-5-6/h1-5,8,11H,(H,9,10)/t8-/m0/s1. The number of benzene rings is 1. The molecule has 0 saturated heterocycles. The molecule has 0 bridgehead atoms. The maximum atomic E-state index is 10.2. The molecular weight excluding hydrogens is 176 g/mol. The summed E-state index contributed by atoms with van der Waals surface area (Å²) in [5, 5.41) is 17.3. The van der Waals surface area contributed by atoms with Gasteiger partial charge in [0.25, 0.3) is 0 Å². The highest BCUT2D eigenvalue weighted by Gasteiger charge is 2.13. The minimum atomic E-state index is -1.38. The average molecular weight is 184 g/mol. The van der Waals surface area contributed by atoms with Gasteiger partial charge in [0, 0.05) is 4.90 Å². The van der Waals surface area contributed by atoms with Gasteiger partial charge in [-0.2, -0.15) is 0 Å². The van der Waals surface area contributed by atoms with Crippen LogP contribution in [0.25, 0.3) is 0 Å². The molecule has 1 rings (SSSR count). The monoisotopic (exact) mass is 184 g/mol. The molecule has 0 amide bonds. The maximum Gasteiger partial charge on any atom is 0.343 e. The zero-order valence-corrected chi connectivity index (χ0v) is 6.99. The van der Waals surface area contributed by atoms with E-state index in [0.29, 0.717) is 0 Å². The minimum absolute atomic E-state index is 0.743. The third-order valence-electron chi connectivity index (χ3n) is 1.20. The van der Waals surface area contributed by atoms with Gasteiger partial charge >= 0.3 is 5.97 Å². The van der Waals surface area contributed by atoms with Crippen LogP contribution in [0.4, 0.5) is 0 Å². The topological polar surface area (TPSA) is 57.5 Å². The fourth-order valence-corrected chi connectivity index (χ4v) is 1.35. The number of aliphatic hydroxyl groups is 1. The van der Waals surface area contributed by atoms with Crippen molar-refractivity contribution in [2.24, 2.45) is 0 Å². The van der Waals surface area contributed by atoms with E-state index in [-0.39, 0.29) is 0 Å². The second-order valence-corrected chi connectivity index (χ2v) is 3.28. The molecule has 12 heavy (non-hydrogen) atoms. The summed E-state index contributed by atoms with van der Waals surface area (Å²) in [4.78, 5) is 11.0. The Balaban J connectivity index is 2.58. The van der Waals surface area contributed by atoms with Crippen molar-refractivity contribution in [3.63, 3.8) is 0 Å². The van der Waals surface area contributed by atoms with Gasteiger partial charge in [0.15, 0.2) is 0 Å². The second-order valence-electron chi connectivity index (χ2n) is 2.12. The highest BCUT2D eigenvalue weighted by Crippen LogP contribution is 2.20. The Hall–Kier alpha value is -1.00. The Morgan fingerprint density at radius 3 is 2.42 bits per heavy atom. The first-order valence-corrected chi connectivity index (χ1v) is 4.20. The molecule has 1 aromatic carbocycles. The largest absolute Gasteiger partial charge is 0.479 e. The molecule has 3 nitrogen and oxygen atoms in total. The molecule has 2 N–H and O–H groups in total. The lowest BCUT2D eigenvalue weighted by Crippen LogP contribution is -2.14. The second kappa shape index (κ2) is 4.13. The zero-order chi connectivity index (χ0) is 8.97. The maximum absolute atomic E-state index is 10.2. The summed E-state index contributed by atoms with van der Waals surface area (Å²) in [6, 6.07) is 8.90. The first-order valence-electron chi connectivity index (χ1n) is 3.33. The molecule has 0 spiro atoms. The van der Waals surface area contributed by atoms with E-state index in [0.717, 1.165) is 16.7 Å². The molecule has 0 fully saturated rings. The van der Waals surface area contributed by atoms with Crippen LogP contribution in [0.5, 0.6) is 0 Å². The number of hydrogen-bond acceptors (Lipinski definition) is 3. The fourth-order valence-electron chi connectivity index (χ4n) is 0.678. The van der Waals surface area contributed by atoms with Crippen molar-refractivity contribution >= 4 is 17.7 Å². The Morgan fingerprint density at radius 1 is 1.33 bits per heavy atom. The molecule has 1 atom stereocenters. The molecule has 4 heteroatoms. The van der Waals surface area contributed by atoms with Crippen LogP contribution in [0.2, 0.25) is 0 Å². The SMILES string of the molecule is O=C(O)[C@@H](O)Sc1ccccc1. The Morgan fingerprint density at radius 2 is 1.92 bits per heavy atom. The average Bonchev–Trinajstić information content (AvgIpc) is 2.06. The van der Waals surface area contributed by atoms with Gasteiger partial charge in [-0.3, -0.25) is 0 Å². The van der Waals surface area contributed by atoms with Crippen LogP contribution in [0, 0.1) is 0 Å². The van der Waals surface area contributed by atoms with Crippen LogP contribution in [0.1, 0.15) is 0 Å². The number of carbonyl (C=O) groups is 1. The van der Waals surface area contributed by atoms with Crippen molar-refractivity contribution in [3.8, 4) is 0 Å². The normalized spacial score (nSPS) is 12.4. The lowest BCUT2D eigenvalue weighted by atomic mass is 10.4. The van der Waals surface area contributed by atoms with Crippen LogP contribution < -0.4 is 0 Å². The van der Waals surface area contributed by atoms with Gasteiger partial charge in [0.2, 0.25) is 5.44 Å². The fraction of sp³-hybridized carbons (Fsp3) is 0.125.